The van der Waals surface area contributed by atoms with Gasteiger partial charge in [0.05, 0.1) is 5.56 Å². The van der Waals surface area contributed by atoms with Crippen LogP contribution in [0.4, 0.5) is 11.4 Å². The molecule has 0 unspecified atom stereocenters. The van der Waals surface area contributed by atoms with Crippen molar-refractivity contribution in [2.45, 2.75) is 19.8 Å². The number of benzene rings is 1. The first kappa shape index (κ1) is 18.4. The van der Waals surface area contributed by atoms with Gasteiger partial charge in [0.1, 0.15) is 5.15 Å². The number of aromatic nitrogens is 2. The number of rotatable bonds is 5. The van der Waals surface area contributed by atoms with Gasteiger partial charge in [-0.2, -0.15) is 0 Å². The molecule has 0 radical (unpaired) electrons. The minimum absolute atomic E-state index is 0.222. The van der Waals surface area contributed by atoms with E-state index < -0.39 is 0 Å². The van der Waals surface area contributed by atoms with Gasteiger partial charge in [-0.1, -0.05) is 17.7 Å². The van der Waals surface area contributed by atoms with Crippen LogP contribution in [0.15, 0.2) is 54.7 Å². The number of nitrogens with one attached hydrogen (secondary N) is 1. The lowest BCUT2D eigenvalue weighted by molar-refractivity contribution is 0.102. The molecule has 1 aliphatic rings. The highest BCUT2D eigenvalue weighted by atomic mass is 35.5. The van der Waals surface area contributed by atoms with E-state index in [1.165, 1.54) is 11.3 Å². The Balaban J connectivity index is 1.44. The third-order valence-corrected chi connectivity index (χ3v) is 5.21. The quantitative estimate of drug-likeness (QED) is 0.658. The Labute approximate surface area is 169 Å². The number of aryl methyl sites for hydroxylation is 1. The van der Waals surface area contributed by atoms with Crippen molar-refractivity contribution in [2.24, 2.45) is 0 Å². The summed E-state index contributed by atoms with van der Waals surface area (Å²) in [5.41, 5.74) is 5.50. The van der Waals surface area contributed by atoms with E-state index in [1.807, 2.05) is 37.4 Å². The maximum Gasteiger partial charge on any atom is 0.258 e. The molecule has 3 heterocycles. The summed E-state index contributed by atoms with van der Waals surface area (Å²) < 4.78 is 0. The maximum absolute atomic E-state index is 12.5. The van der Waals surface area contributed by atoms with Crippen LogP contribution in [-0.2, 0) is 12.8 Å². The highest BCUT2D eigenvalue weighted by Crippen LogP contribution is 2.31. The summed E-state index contributed by atoms with van der Waals surface area (Å²) in [6.07, 6.45) is 3.71. The summed E-state index contributed by atoms with van der Waals surface area (Å²) in [7, 11) is 0. The van der Waals surface area contributed by atoms with E-state index in [1.54, 1.807) is 12.1 Å². The second-order valence-corrected chi connectivity index (χ2v) is 7.25. The lowest BCUT2D eigenvalue weighted by Gasteiger charge is -2.19. The molecule has 0 fully saturated rings. The number of carbonyl (C=O) groups excluding carboxylic acids is 1. The number of nitrogens with zero attached hydrogens (tertiary/aromatic N) is 3. The van der Waals surface area contributed by atoms with E-state index >= 15 is 0 Å². The van der Waals surface area contributed by atoms with E-state index in [2.05, 4.69) is 32.3 Å². The smallest absolute Gasteiger partial charge is 0.258 e. The Hall–Kier alpha value is -2.92. The van der Waals surface area contributed by atoms with Crippen LogP contribution in [-0.4, -0.2) is 29.0 Å². The molecule has 2 aromatic heterocycles. The zero-order chi connectivity index (χ0) is 19.5. The highest BCUT2D eigenvalue weighted by Gasteiger charge is 2.20. The Morgan fingerprint density at radius 2 is 2.11 bits per heavy atom. The molecule has 0 atom stereocenters. The zero-order valence-electron chi connectivity index (χ0n) is 15.7. The fourth-order valence-electron chi connectivity index (χ4n) is 3.47. The van der Waals surface area contributed by atoms with Crippen molar-refractivity contribution in [2.75, 3.05) is 23.3 Å². The fraction of sp³-hybridized carbons (Fsp3) is 0.227. The minimum atomic E-state index is -0.248. The van der Waals surface area contributed by atoms with Gasteiger partial charge in [-0.3, -0.25) is 9.78 Å². The van der Waals surface area contributed by atoms with Crippen molar-refractivity contribution >= 4 is 28.9 Å². The average molecular weight is 393 g/mol. The van der Waals surface area contributed by atoms with Crippen LogP contribution in [0.5, 0.6) is 0 Å². The van der Waals surface area contributed by atoms with Gasteiger partial charge in [-0.25, -0.2) is 4.98 Å². The van der Waals surface area contributed by atoms with Gasteiger partial charge >= 0.3 is 0 Å². The number of hydrogen-bond acceptors (Lipinski definition) is 4. The van der Waals surface area contributed by atoms with Gasteiger partial charge in [-0.15, -0.1) is 0 Å². The fourth-order valence-corrected chi connectivity index (χ4v) is 3.75. The Morgan fingerprint density at radius 1 is 1.21 bits per heavy atom. The summed E-state index contributed by atoms with van der Waals surface area (Å²) in [5.74, 6) is -0.248. The van der Waals surface area contributed by atoms with Crippen molar-refractivity contribution in [3.8, 4) is 0 Å². The summed E-state index contributed by atoms with van der Waals surface area (Å²) in [5, 5.41) is 3.15. The molecule has 0 bridgehead atoms. The van der Waals surface area contributed by atoms with Gasteiger partial charge in [-0.05, 0) is 61.4 Å². The van der Waals surface area contributed by atoms with Crippen LogP contribution < -0.4 is 10.2 Å². The topological polar surface area (TPSA) is 58.1 Å². The summed E-state index contributed by atoms with van der Waals surface area (Å²) in [6, 6.07) is 15.5. The van der Waals surface area contributed by atoms with Gasteiger partial charge < -0.3 is 10.2 Å². The first-order chi connectivity index (χ1) is 13.6. The number of hydrogen-bond donors (Lipinski definition) is 1. The SMILES string of the molecule is Cc1ccc(C(=O)Nc2ccc3c(c2)CCN3CCc2ccccn2)c(Cl)n1. The number of carbonyl (C=O) groups is 1. The van der Waals surface area contributed by atoms with E-state index in [4.69, 9.17) is 11.6 Å². The van der Waals surface area contributed by atoms with Crippen molar-refractivity contribution < 1.29 is 4.79 Å². The molecule has 1 aromatic carbocycles. The van der Waals surface area contributed by atoms with Gasteiger partial charge in [0.2, 0.25) is 0 Å². The summed E-state index contributed by atoms with van der Waals surface area (Å²) in [6.45, 7) is 3.75. The second kappa shape index (κ2) is 7.98. The number of anilines is 2. The molecule has 1 aliphatic heterocycles. The van der Waals surface area contributed by atoms with Crippen LogP contribution in [0.2, 0.25) is 5.15 Å². The third kappa shape index (κ3) is 3.99. The molecular weight excluding hydrogens is 372 g/mol. The number of fused-ring (bicyclic) bond motifs is 1. The molecule has 0 saturated heterocycles. The molecule has 0 spiro atoms. The van der Waals surface area contributed by atoms with Gasteiger partial charge in [0, 0.05) is 48.5 Å². The molecule has 1 amide bonds. The van der Waals surface area contributed by atoms with Crippen molar-refractivity contribution in [1.82, 2.24) is 9.97 Å². The second-order valence-electron chi connectivity index (χ2n) is 6.90. The molecular formula is C22H21ClN4O. The normalized spacial score (nSPS) is 12.7. The van der Waals surface area contributed by atoms with Crippen molar-refractivity contribution in [3.05, 3.63) is 82.4 Å². The lowest BCUT2D eigenvalue weighted by atomic mass is 10.1. The minimum Gasteiger partial charge on any atom is -0.371 e. The molecule has 5 nitrogen and oxygen atoms in total. The molecule has 4 rings (SSSR count). The van der Waals surface area contributed by atoms with Gasteiger partial charge in [0.15, 0.2) is 0 Å². The Kier molecular flexibility index (Phi) is 5.26. The van der Waals surface area contributed by atoms with Crippen molar-refractivity contribution in [1.29, 1.82) is 0 Å². The molecule has 6 heteroatoms. The lowest BCUT2D eigenvalue weighted by Crippen LogP contribution is -2.23. The standard InChI is InChI=1S/C22H21ClN4O/c1-15-5-7-19(21(23)25-15)22(28)26-18-6-8-20-16(14-18)9-12-27(20)13-10-17-4-2-3-11-24-17/h2-8,11,14H,9-10,12-13H2,1H3,(H,26,28). The van der Waals surface area contributed by atoms with Crippen LogP contribution >= 0.6 is 11.6 Å². The summed E-state index contributed by atoms with van der Waals surface area (Å²) in [4.78, 5) is 23.4. The number of amides is 1. The van der Waals surface area contributed by atoms with E-state index in [0.29, 0.717) is 5.56 Å². The van der Waals surface area contributed by atoms with Crippen LogP contribution in [0.1, 0.15) is 27.3 Å². The molecule has 1 N–H and O–H groups in total. The third-order valence-electron chi connectivity index (χ3n) is 4.93. The molecule has 142 valence electrons. The maximum atomic E-state index is 12.5. The largest absolute Gasteiger partial charge is 0.371 e. The number of pyridine rings is 2. The Bertz CT molecular complexity index is 1010. The monoisotopic (exact) mass is 392 g/mol. The van der Waals surface area contributed by atoms with Crippen LogP contribution in [0, 0.1) is 6.92 Å². The first-order valence-corrected chi connectivity index (χ1v) is 9.70. The predicted molar refractivity (Wildman–Crippen MR) is 112 cm³/mol. The van der Waals surface area contributed by atoms with Crippen molar-refractivity contribution in [3.63, 3.8) is 0 Å². The first-order valence-electron chi connectivity index (χ1n) is 9.32. The van der Waals surface area contributed by atoms with Crippen LogP contribution in [0.25, 0.3) is 0 Å². The number of halogens is 1. The van der Waals surface area contributed by atoms with E-state index in [-0.39, 0.29) is 11.1 Å². The predicted octanol–water partition coefficient (Wildman–Crippen LogP) is 4.30. The zero-order valence-corrected chi connectivity index (χ0v) is 16.4. The molecule has 3 aromatic rings. The molecule has 0 aliphatic carbocycles. The average Bonchev–Trinajstić information content (AvgIpc) is 3.09. The van der Waals surface area contributed by atoms with E-state index in [0.717, 1.165) is 43.0 Å². The molecule has 0 saturated carbocycles. The van der Waals surface area contributed by atoms with Gasteiger partial charge in [0.25, 0.3) is 5.91 Å². The summed E-state index contributed by atoms with van der Waals surface area (Å²) >= 11 is 6.11. The molecule has 28 heavy (non-hydrogen) atoms. The highest BCUT2D eigenvalue weighted by molar-refractivity contribution is 6.33. The Morgan fingerprint density at radius 3 is 2.89 bits per heavy atom. The van der Waals surface area contributed by atoms with E-state index in [9.17, 15) is 4.79 Å². The van der Waals surface area contributed by atoms with Crippen LogP contribution in [0.3, 0.4) is 0 Å².